The molecule has 1 aliphatic rings. The van der Waals surface area contributed by atoms with Gasteiger partial charge in [-0.05, 0) is 31.4 Å². The summed E-state index contributed by atoms with van der Waals surface area (Å²) >= 11 is 1.43. The molecule has 2 N–H and O–H groups in total. The minimum Gasteiger partial charge on any atom is -0.392 e. The average Bonchev–Trinajstić information content (AvgIpc) is 3.11. The van der Waals surface area contributed by atoms with E-state index in [0.29, 0.717) is 11.4 Å². The van der Waals surface area contributed by atoms with Gasteiger partial charge in [-0.1, -0.05) is 24.3 Å². The number of β-amino-alcohol motifs (C(OH)–C–C–N with tert-alkyl or cyclic N) is 1. The first-order valence-corrected chi connectivity index (χ1v) is 9.04. The fraction of sp³-hybridized carbons (Fsp3) is 0.444. The second-order valence-corrected chi connectivity index (χ2v) is 7.48. The van der Waals surface area contributed by atoms with Gasteiger partial charge in [0, 0.05) is 26.2 Å². The first-order valence-electron chi connectivity index (χ1n) is 8.22. The Hall–Kier alpha value is -1.76. The van der Waals surface area contributed by atoms with Crippen LogP contribution in [0.1, 0.15) is 37.9 Å². The van der Waals surface area contributed by atoms with Gasteiger partial charge in [-0.25, -0.2) is 4.98 Å². The number of thiazole rings is 1. The van der Waals surface area contributed by atoms with Gasteiger partial charge in [0.2, 0.25) is 0 Å². The lowest BCUT2D eigenvalue weighted by molar-refractivity contribution is 0.0954. The zero-order valence-corrected chi connectivity index (χ0v) is 14.9. The summed E-state index contributed by atoms with van der Waals surface area (Å²) in [5, 5.41) is 13.6. The largest absolute Gasteiger partial charge is 0.392 e. The lowest BCUT2D eigenvalue weighted by Gasteiger charge is -2.18. The quantitative estimate of drug-likeness (QED) is 0.872. The number of nitrogens with one attached hydrogen (secondary N) is 1. The van der Waals surface area contributed by atoms with Gasteiger partial charge >= 0.3 is 0 Å². The number of likely N-dealkylation sites (tertiary alicyclic amines) is 1. The van der Waals surface area contributed by atoms with E-state index in [1.807, 2.05) is 32.0 Å². The number of carbonyl (C=O) groups excluding carboxylic acids is 1. The van der Waals surface area contributed by atoms with Crippen LogP contribution in [0.3, 0.4) is 0 Å². The van der Waals surface area contributed by atoms with Gasteiger partial charge in [-0.3, -0.25) is 9.69 Å². The molecule has 2 heterocycles. The van der Waals surface area contributed by atoms with Crippen LogP contribution in [-0.4, -0.2) is 40.1 Å². The van der Waals surface area contributed by atoms with Crippen molar-refractivity contribution in [3.63, 3.8) is 0 Å². The van der Waals surface area contributed by atoms with Crippen molar-refractivity contribution in [2.75, 3.05) is 13.1 Å². The number of rotatable bonds is 5. The van der Waals surface area contributed by atoms with Crippen molar-refractivity contribution < 1.29 is 9.90 Å². The van der Waals surface area contributed by atoms with Crippen LogP contribution in [0.2, 0.25) is 0 Å². The standard InChI is InChI=1S/C18H23N3O2S/c1-12-17(24-13(2)20-12)18(23)19-9-14-5-3-4-6-15(14)10-21-8-7-16(22)11-21/h3-6,16,22H,7-11H2,1-2H3,(H,19,23)/t16-/m0/s1. The fourth-order valence-corrected chi connectivity index (χ4v) is 3.91. The Labute approximate surface area is 146 Å². The molecule has 2 aromatic rings. The molecule has 128 valence electrons. The number of aryl methyl sites for hydroxylation is 2. The van der Waals surface area contributed by atoms with Crippen LogP contribution in [0.15, 0.2) is 24.3 Å². The number of hydrogen-bond donors (Lipinski definition) is 2. The van der Waals surface area contributed by atoms with Gasteiger partial charge in [0.25, 0.3) is 5.91 Å². The van der Waals surface area contributed by atoms with Crippen molar-refractivity contribution in [1.29, 1.82) is 0 Å². The summed E-state index contributed by atoms with van der Waals surface area (Å²) in [6.45, 7) is 6.73. The molecular weight excluding hydrogens is 322 g/mol. The lowest BCUT2D eigenvalue weighted by atomic mass is 10.1. The molecule has 0 aliphatic carbocycles. The Morgan fingerprint density at radius 1 is 1.38 bits per heavy atom. The van der Waals surface area contributed by atoms with E-state index in [-0.39, 0.29) is 12.0 Å². The number of carbonyl (C=O) groups is 1. The first-order chi connectivity index (χ1) is 11.5. The second kappa shape index (κ2) is 7.42. The Bertz CT molecular complexity index is 729. The smallest absolute Gasteiger partial charge is 0.263 e. The molecule has 24 heavy (non-hydrogen) atoms. The minimum atomic E-state index is -0.214. The molecule has 0 unspecified atom stereocenters. The van der Waals surface area contributed by atoms with Gasteiger partial charge < -0.3 is 10.4 Å². The van der Waals surface area contributed by atoms with E-state index >= 15 is 0 Å². The predicted octanol–water partition coefficient (Wildman–Crippen LogP) is 2.26. The van der Waals surface area contributed by atoms with E-state index in [2.05, 4.69) is 21.3 Å². The molecule has 1 atom stereocenters. The van der Waals surface area contributed by atoms with E-state index in [1.54, 1.807) is 0 Å². The third-order valence-electron chi connectivity index (χ3n) is 4.31. The Kier molecular flexibility index (Phi) is 5.28. The number of aliphatic hydroxyl groups is 1. The third kappa shape index (κ3) is 4.01. The molecule has 0 saturated carbocycles. The van der Waals surface area contributed by atoms with Gasteiger partial charge in [0.1, 0.15) is 4.88 Å². The molecule has 1 fully saturated rings. The molecule has 1 aromatic carbocycles. The summed E-state index contributed by atoms with van der Waals surface area (Å²) < 4.78 is 0. The summed E-state index contributed by atoms with van der Waals surface area (Å²) in [5.74, 6) is -0.0653. The van der Waals surface area contributed by atoms with E-state index in [9.17, 15) is 9.90 Å². The third-order valence-corrected chi connectivity index (χ3v) is 5.38. The van der Waals surface area contributed by atoms with Gasteiger partial charge in [0.15, 0.2) is 0 Å². The number of aliphatic hydroxyl groups excluding tert-OH is 1. The van der Waals surface area contributed by atoms with E-state index in [1.165, 1.54) is 16.9 Å². The van der Waals surface area contributed by atoms with Gasteiger partial charge in [-0.2, -0.15) is 0 Å². The topological polar surface area (TPSA) is 65.5 Å². The van der Waals surface area contributed by atoms with Crippen LogP contribution in [-0.2, 0) is 13.1 Å². The summed E-state index contributed by atoms with van der Waals surface area (Å²) in [7, 11) is 0. The van der Waals surface area contributed by atoms with Crippen LogP contribution >= 0.6 is 11.3 Å². The molecule has 1 amide bonds. The van der Waals surface area contributed by atoms with Crippen molar-refractivity contribution in [2.24, 2.45) is 0 Å². The maximum Gasteiger partial charge on any atom is 0.263 e. The summed E-state index contributed by atoms with van der Waals surface area (Å²) in [6, 6.07) is 8.15. The highest BCUT2D eigenvalue weighted by Gasteiger charge is 2.21. The Morgan fingerprint density at radius 3 is 2.75 bits per heavy atom. The minimum absolute atomic E-state index is 0.0653. The molecule has 0 bridgehead atoms. The van der Waals surface area contributed by atoms with Crippen molar-refractivity contribution in [3.05, 3.63) is 51.0 Å². The van der Waals surface area contributed by atoms with E-state index in [0.717, 1.165) is 42.3 Å². The van der Waals surface area contributed by atoms with Crippen LogP contribution in [0, 0.1) is 13.8 Å². The highest BCUT2D eigenvalue weighted by atomic mass is 32.1. The number of amides is 1. The molecule has 1 aromatic heterocycles. The highest BCUT2D eigenvalue weighted by molar-refractivity contribution is 7.13. The summed E-state index contributed by atoms with van der Waals surface area (Å²) in [5.41, 5.74) is 3.10. The Morgan fingerprint density at radius 2 is 2.12 bits per heavy atom. The van der Waals surface area contributed by atoms with Crippen LogP contribution in [0.25, 0.3) is 0 Å². The fourth-order valence-electron chi connectivity index (χ4n) is 3.08. The molecule has 5 nitrogen and oxygen atoms in total. The molecular formula is C18H23N3O2S. The monoisotopic (exact) mass is 345 g/mol. The van der Waals surface area contributed by atoms with Gasteiger partial charge in [-0.15, -0.1) is 11.3 Å². The second-order valence-electron chi connectivity index (χ2n) is 6.28. The van der Waals surface area contributed by atoms with E-state index in [4.69, 9.17) is 0 Å². The maximum atomic E-state index is 12.4. The molecule has 1 aliphatic heterocycles. The van der Waals surface area contributed by atoms with Crippen molar-refractivity contribution >= 4 is 17.2 Å². The molecule has 0 radical (unpaired) electrons. The molecule has 3 rings (SSSR count). The highest BCUT2D eigenvalue weighted by Crippen LogP contribution is 2.19. The van der Waals surface area contributed by atoms with Crippen LogP contribution < -0.4 is 5.32 Å². The Balaban J connectivity index is 1.65. The normalized spacial score (nSPS) is 18.0. The average molecular weight is 345 g/mol. The number of nitrogens with zero attached hydrogens (tertiary/aromatic N) is 2. The number of aromatic nitrogens is 1. The molecule has 0 spiro atoms. The van der Waals surface area contributed by atoms with Crippen LogP contribution in [0.4, 0.5) is 0 Å². The molecule has 6 heteroatoms. The summed E-state index contributed by atoms with van der Waals surface area (Å²) in [6.07, 6.45) is 0.623. The first kappa shape index (κ1) is 17.1. The van der Waals surface area contributed by atoms with Crippen molar-refractivity contribution in [3.8, 4) is 0 Å². The zero-order valence-electron chi connectivity index (χ0n) is 14.1. The SMILES string of the molecule is Cc1nc(C)c(C(=O)NCc2ccccc2CN2CC[C@H](O)C2)s1. The number of benzene rings is 1. The predicted molar refractivity (Wildman–Crippen MR) is 95.1 cm³/mol. The number of hydrogen-bond acceptors (Lipinski definition) is 5. The van der Waals surface area contributed by atoms with Crippen LogP contribution in [0.5, 0.6) is 0 Å². The molecule has 1 saturated heterocycles. The van der Waals surface area contributed by atoms with E-state index < -0.39 is 0 Å². The maximum absolute atomic E-state index is 12.4. The van der Waals surface area contributed by atoms with Gasteiger partial charge in [0.05, 0.1) is 16.8 Å². The van der Waals surface area contributed by atoms with Crippen molar-refractivity contribution in [2.45, 2.75) is 39.5 Å². The lowest BCUT2D eigenvalue weighted by Crippen LogP contribution is -2.25. The van der Waals surface area contributed by atoms with Crippen molar-refractivity contribution in [1.82, 2.24) is 15.2 Å². The zero-order chi connectivity index (χ0) is 17.1. The summed E-state index contributed by atoms with van der Waals surface area (Å²) in [4.78, 5) is 19.6.